The standard InChI is InChI=1S/C11H15NO2/c1-7-5-11(13)9-4-3-8(14-2)6-10(9)12-7/h5,8H,3-4,6H2,1-2H3,(H,12,13). The Hall–Kier alpha value is -1.09. The van der Waals surface area contributed by atoms with Crippen LogP contribution in [-0.4, -0.2) is 18.2 Å². The molecule has 1 heterocycles. The van der Waals surface area contributed by atoms with E-state index in [1.165, 1.54) is 0 Å². The molecule has 3 nitrogen and oxygen atoms in total. The SMILES string of the molecule is COC1CCc2c([nH]c(C)cc2=O)C1. The van der Waals surface area contributed by atoms with Crippen LogP contribution < -0.4 is 5.43 Å². The average molecular weight is 193 g/mol. The van der Waals surface area contributed by atoms with Crippen LogP contribution in [0.3, 0.4) is 0 Å². The zero-order valence-corrected chi connectivity index (χ0v) is 8.59. The Labute approximate surface area is 83.1 Å². The summed E-state index contributed by atoms with van der Waals surface area (Å²) in [5, 5.41) is 0. The maximum Gasteiger partial charge on any atom is 0.185 e. The molecular formula is C11H15NO2. The van der Waals surface area contributed by atoms with E-state index in [0.717, 1.165) is 36.2 Å². The minimum Gasteiger partial charge on any atom is -0.381 e. The van der Waals surface area contributed by atoms with Crippen molar-refractivity contribution < 1.29 is 4.74 Å². The Balaban J connectivity index is 2.42. The van der Waals surface area contributed by atoms with Crippen LogP contribution in [-0.2, 0) is 17.6 Å². The molecule has 0 saturated heterocycles. The topological polar surface area (TPSA) is 42.1 Å². The molecule has 14 heavy (non-hydrogen) atoms. The Morgan fingerprint density at radius 2 is 2.36 bits per heavy atom. The van der Waals surface area contributed by atoms with Crippen LogP contribution in [0.4, 0.5) is 0 Å². The second kappa shape index (κ2) is 3.58. The molecule has 0 radical (unpaired) electrons. The molecule has 0 bridgehead atoms. The summed E-state index contributed by atoms with van der Waals surface area (Å²) in [5.74, 6) is 0. The highest BCUT2D eigenvalue weighted by Crippen LogP contribution is 2.18. The van der Waals surface area contributed by atoms with Crippen LogP contribution in [0.5, 0.6) is 0 Å². The lowest BCUT2D eigenvalue weighted by atomic mass is 9.93. The molecular weight excluding hydrogens is 178 g/mol. The summed E-state index contributed by atoms with van der Waals surface area (Å²) in [6.07, 6.45) is 2.89. The van der Waals surface area contributed by atoms with Gasteiger partial charge in [0.2, 0.25) is 0 Å². The van der Waals surface area contributed by atoms with Crippen molar-refractivity contribution in [2.24, 2.45) is 0 Å². The number of nitrogens with one attached hydrogen (secondary N) is 1. The highest BCUT2D eigenvalue weighted by Gasteiger charge is 2.20. The van der Waals surface area contributed by atoms with Crippen molar-refractivity contribution in [2.45, 2.75) is 32.3 Å². The zero-order chi connectivity index (χ0) is 10.1. The number of rotatable bonds is 1. The molecule has 1 aliphatic rings. The first-order chi connectivity index (χ1) is 6.70. The molecule has 0 aliphatic heterocycles. The number of hydrogen-bond acceptors (Lipinski definition) is 2. The summed E-state index contributed by atoms with van der Waals surface area (Å²) in [7, 11) is 1.73. The Morgan fingerprint density at radius 3 is 3.07 bits per heavy atom. The van der Waals surface area contributed by atoms with Crippen molar-refractivity contribution >= 4 is 0 Å². The van der Waals surface area contributed by atoms with Crippen LogP contribution in [0.1, 0.15) is 23.4 Å². The summed E-state index contributed by atoms with van der Waals surface area (Å²) >= 11 is 0. The van der Waals surface area contributed by atoms with Gasteiger partial charge in [0.25, 0.3) is 0 Å². The van der Waals surface area contributed by atoms with Gasteiger partial charge in [-0.05, 0) is 19.8 Å². The maximum atomic E-state index is 11.6. The van der Waals surface area contributed by atoms with Crippen molar-refractivity contribution in [1.82, 2.24) is 4.98 Å². The molecule has 0 aromatic carbocycles. The van der Waals surface area contributed by atoms with E-state index in [4.69, 9.17) is 4.74 Å². The van der Waals surface area contributed by atoms with Crippen molar-refractivity contribution in [3.63, 3.8) is 0 Å². The van der Waals surface area contributed by atoms with Gasteiger partial charge in [0.05, 0.1) is 6.10 Å². The van der Waals surface area contributed by atoms with E-state index in [-0.39, 0.29) is 11.5 Å². The van der Waals surface area contributed by atoms with E-state index >= 15 is 0 Å². The molecule has 1 aromatic heterocycles. The maximum absolute atomic E-state index is 11.6. The number of aryl methyl sites for hydroxylation is 1. The van der Waals surface area contributed by atoms with Crippen molar-refractivity contribution in [2.75, 3.05) is 7.11 Å². The molecule has 0 amide bonds. The Kier molecular flexibility index (Phi) is 2.42. The quantitative estimate of drug-likeness (QED) is 0.728. The Morgan fingerprint density at radius 1 is 1.57 bits per heavy atom. The number of aromatic amines is 1. The second-order valence-corrected chi connectivity index (χ2v) is 3.87. The summed E-state index contributed by atoms with van der Waals surface area (Å²) in [6.45, 7) is 1.91. The molecule has 1 atom stereocenters. The summed E-state index contributed by atoms with van der Waals surface area (Å²) in [6, 6.07) is 1.67. The van der Waals surface area contributed by atoms with Crippen LogP contribution in [0, 0.1) is 6.92 Å². The fraction of sp³-hybridized carbons (Fsp3) is 0.545. The number of H-pyrrole nitrogens is 1. The van der Waals surface area contributed by atoms with Crippen molar-refractivity contribution in [1.29, 1.82) is 0 Å². The van der Waals surface area contributed by atoms with Gasteiger partial charge in [-0.3, -0.25) is 4.79 Å². The highest BCUT2D eigenvalue weighted by molar-refractivity contribution is 5.26. The fourth-order valence-corrected chi connectivity index (χ4v) is 2.07. The van der Waals surface area contributed by atoms with Crippen LogP contribution in [0.2, 0.25) is 0 Å². The third-order valence-electron chi connectivity index (χ3n) is 2.84. The number of fused-ring (bicyclic) bond motifs is 1. The smallest absolute Gasteiger partial charge is 0.185 e. The van der Waals surface area contributed by atoms with Crippen LogP contribution >= 0.6 is 0 Å². The first kappa shape index (κ1) is 9.46. The molecule has 1 unspecified atom stereocenters. The van der Waals surface area contributed by atoms with E-state index in [0.29, 0.717) is 0 Å². The lowest BCUT2D eigenvalue weighted by Gasteiger charge is -2.22. The molecule has 1 aliphatic carbocycles. The number of methoxy groups -OCH3 is 1. The van der Waals surface area contributed by atoms with Gasteiger partial charge < -0.3 is 9.72 Å². The monoisotopic (exact) mass is 193 g/mol. The highest BCUT2D eigenvalue weighted by atomic mass is 16.5. The third-order valence-corrected chi connectivity index (χ3v) is 2.84. The van der Waals surface area contributed by atoms with Gasteiger partial charge in [-0.2, -0.15) is 0 Å². The van der Waals surface area contributed by atoms with Gasteiger partial charge in [0.1, 0.15) is 0 Å². The fourth-order valence-electron chi connectivity index (χ4n) is 2.07. The average Bonchev–Trinajstić information content (AvgIpc) is 2.16. The number of aromatic nitrogens is 1. The second-order valence-electron chi connectivity index (χ2n) is 3.87. The van der Waals surface area contributed by atoms with Gasteiger partial charge in [0.15, 0.2) is 5.43 Å². The van der Waals surface area contributed by atoms with Crippen LogP contribution in [0.15, 0.2) is 10.9 Å². The van der Waals surface area contributed by atoms with Crippen molar-refractivity contribution in [3.05, 3.63) is 33.2 Å². The largest absolute Gasteiger partial charge is 0.381 e. The van der Waals surface area contributed by atoms with Gasteiger partial charge in [-0.25, -0.2) is 0 Å². The summed E-state index contributed by atoms with van der Waals surface area (Å²) in [5.41, 5.74) is 3.12. The molecule has 76 valence electrons. The van der Waals surface area contributed by atoms with Crippen molar-refractivity contribution in [3.8, 4) is 0 Å². The lowest BCUT2D eigenvalue weighted by Crippen LogP contribution is -2.27. The van der Waals surface area contributed by atoms with Gasteiger partial charge >= 0.3 is 0 Å². The molecule has 1 aromatic rings. The van der Waals surface area contributed by atoms with Gasteiger partial charge in [-0.1, -0.05) is 0 Å². The predicted molar refractivity (Wildman–Crippen MR) is 54.6 cm³/mol. The van der Waals surface area contributed by atoms with E-state index in [2.05, 4.69) is 4.98 Å². The first-order valence-electron chi connectivity index (χ1n) is 4.95. The normalized spacial score (nSPS) is 20.6. The van der Waals surface area contributed by atoms with E-state index in [1.807, 2.05) is 6.92 Å². The van der Waals surface area contributed by atoms with Gasteiger partial charge in [0, 0.05) is 36.5 Å². The van der Waals surface area contributed by atoms with E-state index in [9.17, 15) is 4.79 Å². The molecule has 3 heteroatoms. The summed E-state index contributed by atoms with van der Waals surface area (Å²) in [4.78, 5) is 14.9. The third kappa shape index (κ3) is 1.60. The molecule has 0 fully saturated rings. The minimum absolute atomic E-state index is 0.172. The molecule has 0 spiro atoms. The number of pyridine rings is 1. The summed E-state index contributed by atoms with van der Waals surface area (Å²) < 4.78 is 5.31. The number of ether oxygens (including phenoxy) is 1. The number of hydrogen-bond donors (Lipinski definition) is 1. The zero-order valence-electron chi connectivity index (χ0n) is 8.59. The van der Waals surface area contributed by atoms with E-state index < -0.39 is 0 Å². The molecule has 0 saturated carbocycles. The molecule has 1 N–H and O–H groups in total. The Bertz CT molecular complexity index is 395. The first-order valence-corrected chi connectivity index (χ1v) is 4.95. The molecule has 2 rings (SSSR count). The van der Waals surface area contributed by atoms with Crippen LogP contribution in [0.25, 0.3) is 0 Å². The minimum atomic E-state index is 0.172. The van der Waals surface area contributed by atoms with E-state index in [1.54, 1.807) is 13.2 Å². The lowest BCUT2D eigenvalue weighted by molar-refractivity contribution is 0.0898. The predicted octanol–water partition coefficient (Wildman–Crippen LogP) is 1.19. The van der Waals surface area contributed by atoms with Gasteiger partial charge in [-0.15, -0.1) is 0 Å².